The van der Waals surface area contributed by atoms with Crippen LogP contribution in [0.15, 0.2) is 18.3 Å². The predicted octanol–water partition coefficient (Wildman–Crippen LogP) is 0.661. The summed E-state index contributed by atoms with van der Waals surface area (Å²) in [4.78, 5) is 6.24. The summed E-state index contributed by atoms with van der Waals surface area (Å²) in [5.74, 6) is 0.619. The average Bonchev–Trinajstić information content (AvgIpc) is 2.65. The molecule has 1 aromatic heterocycles. The first kappa shape index (κ1) is 9.27. The average molecular weight is 194 g/mol. The van der Waals surface area contributed by atoms with Crippen LogP contribution in [0.5, 0.6) is 5.88 Å². The maximum atomic E-state index is 9.37. The molecule has 1 aromatic rings. The van der Waals surface area contributed by atoms with E-state index in [1.807, 2.05) is 12.1 Å². The number of hydrogen-bond acceptors (Lipinski definition) is 4. The first-order valence-corrected chi connectivity index (χ1v) is 4.72. The molecule has 0 saturated carbocycles. The highest BCUT2D eigenvalue weighted by Gasteiger charge is 2.20. The summed E-state index contributed by atoms with van der Waals surface area (Å²) in [6, 6.07) is 3.80. The van der Waals surface area contributed by atoms with Crippen molar-refractivity contribution >= 4 is 5.69 Å². The number of β-amino-alcohol motifs (C(OH)–C–C–N with tert-alkyl or cyclic N) is 1. The van der Waals surface area contributed by atoms with Gasteiger partial charge in [-0.3, -0.25) is 0 Å². The minimum atomic E-state index is -0.197. The lowest BCUT2D eigenvalue weighted by molar-refractivity contribution is 0.198. The van der Waals surface area contributed by atoms with Crippen LogP contribution in [-0.4, -0.2) is 36.4 Å². The summed E-state index contributed by atoms with van der Waals surface area (Å²) in [6.07, 6.45) is 2.42. The van der Waals surface area contributed by atoms with Crippen LogP contribution in [-0.2, 0) is 0 Å². The molecule has 1 aliphatic heterocycles. The minimum Gasteiger partial charge on any atom is -0.481 e. The van der Waals surface area contributed by atoms with Gasteiger partial charge in [-0.2, -0.15) is 0 Å². The third-order valence-corrected chi connectivity index (χ3v) is 2.46. The zero-order valence-corrected chi connectivity index (χ0v) is 8.18. The number of aliphatic hydroxyl groups excluding tert-OH is 1. The van der Waals surface area contributed by atoms with E-state index in [4.69, 9.17) is 4.74 Å². The zero-order chi connectivity index (χ0) is 9.97. The van der Waals surface area contributed by atoms with Gasteiger partial charge in [-0.1, -0.05) is 0 Å². The Morgan fingerprint density at radius 1 is 1.57 bits per heavy atom. The molecule has 76 valence electrons. The molecule has 0 unspecified atom stereocenters. The lowest BCUT2D eigenvalue weighted by atomic mass is 10.3. The first-order valence-electron chi connectivity index (χ1n) is 4.72. The highest BCUT2D eigenvalue weighted by molar-refractivity contribution is 5.46. The zero-order valence-electron chi connectivity index (χ0n) is 8.18. The fourth-order valence-corrected chi connectivity index (χ4v) is 1.66. The van der Waals surface area contributed by atoms with Crippen molar-refractivity contribution in [2.45, 2.75) is 12.5 Å². The van der Waals surface area contributed by atoms with Crippen LogP contribution >= 0.6 is 0 Å². The van der Waals surface area contributed by atoms with Gasteiger partial charge in [0.25, 0.3) is 0 Å². The van der Waals surface area contributed by atoms with Gasteiger partial charge < -0.3 is 14.7 Å². The molecule has 1 atom stereocenters. The molecule has 14 heavy (non-hydrogen) atoms. The SMILES string of the molecule is COc1ccc(N2CC[C@H](O)C2)cn1. The molecule has 0 aliphatic carbocycles. The Hall–Kier alpha value is -1.29. The van der Waals surface area contributed by atoms with Crippen LogP contribution in [0.3, 0.4) is 0 Å². The molecule has 1 aliphatic rings. The second-order valence-corrected chi connectivity index (χ2v) is 3.45. The molecule has 0 aromatic carbocycles. The van der Waals surface area contributed by atoms with Gasteiger partial charge in [0.1, 0.15) is 0 Å². The molecule has 4 nitrogen and oxygen atoms in total. The van der Waals surface area contributed by atoms with Gasteiger partial charge in [0, 0.05) is 19.2 Å². The van der Waals surface area contributed by atoms with Crippen molar-refractivity contribution in [3.05, 3.63) is 18.3 Å². The number of ether oxygens (including phenoxy) is 1. The van der Waals surface area contributed by atoms with Gasteiger partial charge in [0.05, 0.1) is 25.1 Å². The Labute approximate surface area is 83.1 Å². The van der Waals surface area contributed by atoms with Gasteiger partial charge in [-0.05, 0) is 12.5 Å². The van der Waals surface area contributed by atoms with Crippen LogP contribution in [0, 0.1) is 0 Å². The molecular weight excluding hydrogens is 180 g/mol. The third kappa shape index (κ3) is 1.80. The van der Waals surface area contributed by atoms with Crippen molar-refractivity contribution in [3.8, 4) is 5.88 Å². The number of rotatable bonds is 2. The number of hydrogen-bond donors (Lipinski definition) is 1. The summed E-state index contributed by atoms with van der Waals surface area (Å²) in [6.45, 7) is 1.60. The van der Waals surface area contributed by atoms with E-state index in [9.17, 15) is 5.11 Å². The van der Waals surface area contributed by atoms with Crippen molar-refractivity contribution in [1.29, 1.82) is 0 Å². The first-order chi connectivity index (χ1) is 6.79. The summed E-state index contributed by atoms with van der Waals surface area (Å²) < 4.78 is 4.97. The molecule has 4 heteroatoms. The molecule has 1 N–H and O–H groups in total. The number of methoxy groups -OCH3 is 1. The van der Waals surface area contributed by atoms with E-state index < -0.39 is 0 Å². The topological polar surface area (TPSA) is 45.6 Å². The maximum Gasteiger partial charge on any atom is 0.213 e. The van der Waals surface area contributed by atoms with Gasteiger partial charge in [0.2, 0.25) is 5.88 Å². The van der Waals surface area contributed by atoms with E-state index in [0.717, 1.165) is 18.7 Å². The predicted molar refractivity (Wildman–Crippen MR) is 53.6 cm³/mol. The second-order valence-electron chi connectivity index (χ2n) is 3.45. The molecule has 0 radical (unpaired) electrons. The molecule has 0 amide bonds. The molecule has 0 bridgehead atoms. The molecule has 1 saturated heterocycles. The quantitative estimate of drug-likeness (QED) is 0.751. The van der Waals surface area contributed by atoms with E-state index in [-0.39, 0.29) is 6.10 Å². The van der Waals surface area contributed by atoms with E-state index in [1.165, 1.54) is 0 Å². The lowest BCUT2D eigenvalue weighted by Crippen LogP contribution is -2.21. The van der Waals surface area contributed by atoms with E-state index in [1.54, 1.807) is 13.3 Å². The van der Waals surface area contributed by atoms with E-state index >= 15 is 0 Å². The molecule has 2 heterocycles. The highest BCUT2D eigenvalue weighted by Crippen LogP contribution is 2.20. The van der Waals surface area contributed by atoms with E-state index in [2.05, 4.69) is 9.88 Å². The van der Waals surface area contributed by atoms with Crippen LogP contribution in [0.1, 0.15) is 6.42 Å². The third-order valence-electron chi connectivity index (χ3n) is 2.46. The van der Waals surface area contributed by atoms with Crippen LogP contribution in [0.4, 0.5) is 5.69 Å². The van der Waals surface area contributed by atoms with Crippen LogP contribution < -0.4 is 9.64 Å². The van der Waals surface area contributed by atoms with Gasteiger partial charge in [-0.25, -0.2) is 4.98 Å². The van der Waals surface area contributed by atoms with Crippen molar-refractivity contribution in [3.63, 3.8) is 0 Å². The van der Waals surface area contributed by atoms with Crippen molar-refractivity contribution in [2.24, 2.45) is 0 Å². The molecular formula is C10H14N2O2. The summed E-state index contributed by atoms with van der Waals surface area (Å²) in [5.41, 5.74) is 1.04. The molecule has 0 spiro atoms. The van der Waals surface area contributed by atoms with E-state index in [0.29, 0.717) is 12.4 Å². The summed E-state index contributed by atoms with van der Waals surface area (Å²) in [5, 5.41) is 9.37. The summed E-state index contributed by atoms with van der Waals surface area (Å²) >= 11 is 0. The lowest BCUT2D eigenvalue weighted by Gasteiger charge is -2.17. The smallest absolute Gasteiger partial charge is 0.213 e. The Morgan fingerprint density at radius 2 is 2.43 bits per heavy atom. The largest absolute Gasteiger partial charge is 0.481 e. The van der Waals surface area contributed by atoms with Crippen molar-refractivity contribution in [2.75, 3.05) is 25.1 Å². The standard InChI is InChI=1S/C10H14N2O2/c1-14-10-3-2-8(6-11-10)12-5-4-9(13)7-12/h2-3,6,9,13H,4-5,7H2,1H3/t9-/m0/s1. The van der Waals surface area contributed by atoms with Crippen molar-refractivity contribution in [1.82, 2.24) is 4.98 Å². The number of pyridine rings is 1. The number of aromatic nitrogens is 1. The van der Waals surface area contributed by atoms with Crippen LogP contribution in [0.2, 0.25) is 0 Å². The molecule has 1 fully saturated rings. The Bertz CT molecular complexity index is 299. The maximum absolute atomic E-state index is 9.37. The Morgan fingerprint density at radius 3 is 2.93 bits per heavy atom. The number of nitrogens with zero attached hydrogens (tertiary/aromatic N) is 2. The summed E-state index contributed by atoms with van der Waals surface area (Å²) in [7, 11) is 1.60. The Balaban J connectivity index is 2.09. The number of aliphatic hydroxyl groups is 1. The van der Waals surface area contributed by atoms with Crippen molar-refractivity contribution < 1.29 is 9.84 Å². The molecule has 2 rings (SSSR count). The van der Waals surface area contributed by atoms with Gasteiger partial charge in [0.15, 0.2) is 0 Å². The normalized spacial score (nSPS) is 21.3. The second kappa shape index (κ2) is 3.84. The van der Waals surface area contributed by atoms with Gasteiger partial charge in [-0.15, -0.1) is 0 Å². The minimum absolute atomic E-state index is 0.197. The fourth-order valence-electron chi connectivity index (χ4n) is 1.66. The van der Waals surface area contributed by atoms with Crippen LogP contribution in [0.25, 0.3) is 0 Å². The Kier molecular flexibility index (Phi) is 2.54. The monoisotopic (exact) mass is 194 g/mol. The number of anilines is 1. The fraction of sp³-hybridized carbons (Fsp3) is 0.500. The van der Waals surface area contributed by atoms with Gasteiger partial charge >= 0.3 is 0 Å². The highest BCUT2D eigenvalue weighted by atomic mass is 16.5.